The number of nitrogens with zero attached hydrogens (tertiary/aromatic N) is 3. The van der Waals surface area contributed by atoms with E-state index in [1.165, 1.54) is 18.2 Å². The molecule has 7 nitrogen and oxygen atoms in total. The van der Waals surface area contributed by atoms with Crippen LogP contribution < -0.4 is 5.32 Å². The molecule has 1 aliphatic rings. The Morgan fingerprint density at radius 2 is 2.29 bits per heavy atom. The van der Waals surface area contributed by atoms with Crippen LogP contribution in [0.1, 0.15) is 24.8 Å². The molecule has 0 aromatic heterocycles. The van der Waals surface area contributed by atoms with E-state index in [4.69, 9.17) is 5.26 Å². The summed E-state index contributed by atoms with van der Waals surface area (Å²) in [5.41, 5.74) is 0.663. The Hall–Kier alpha value is -2.62. The third-order valence-corrected chi connectivity index (χ3v) is 3.41. The van der Waals surface area contributed by atoms with Gasteiger partial charge < -0.3 is 10.2 Å². The molecule has 0 bridgehead atoms. The number of benzene rings is 1. The fourth-order valence-corrected chi connectivity index (χ4v) is 2.34. The Bertz CT molecular complexity index is 594. The molecule has 1 fully saturated rings. The third-order valence-electron chi connectivity index (χ3n) is 3.41. The Balaban J connectivity index is 1.91. The molecule has 0 radical (unpaired) electrons. The van der Waals surface area contributed by atoms with Crippen LogP contribution in [0.25, 0.3) is 0 Å². The van der Waals surface area contributed by atoms with E-state index in [9.17, 15) is 14.9 Å². The van der Waals surface area contributed by atoms with Gasteiger partial charge in [0.1, 0.15) is 5.69 Å². The number of nitriles is 1. The summed E-state index contributed by atoms with van der Waals surface area (Å²) in [7, 11) is 0. The van der Waals surface area contributed by atoms with Crippen LogP contribution in [0.15, 0.2) is 18.2 Å². The molecule has 21 heavy (non-hydrogen) atoms. The Morgan fingerprint density at radius 1 is 1.48 bits per heavy atom. The maximum atomic E-state index is 11.4. The van der Waals surface area contributed by atoms with E-state index in [-0.39, 0.29) is 11.6 Å². The molecule has 0 saturated carbocycles. The molecule has 1 amide bonds. The zero-order chi connectivity index (χ0) is 15.2. The van der Waals surface area contributed by atoms with Gasteiger partial charge in [-0.3, -0.25) is 14.9 Å². The second-order valence-electron chi connectivity index (χ2n) is 4.87. The summed E-state index contributed by atoms with van der Waals surface area (Å²) in [6.07, 6.45) is 2.23. The smallest absolute Gasteiger partial charge is 0.292 e. The number of nitro groups is 1. The second kappa shape index (κ2) is 6.70. The predicted molar refractivity (Wildman–Crippen MR) is 76.7 cm³/mol. The van der Waals surface area contributed by atoms with Crippen LogP contribution in [-0.2, 0) is 4.79 Å². The van der Waals surface area contributed by atoms with Gasteiger partial charge in [0.2, 0.25) is 5.91 Å². The Labute approximate surface area is 122 Å². The molecule has 0 atom stereocenters. The van der Waals surface area contributed by atoms with E-state index in [1.807, 2.05) is 11.0 Å². The molecule has 1 saturated heterocycles. The minimum atomic E-state index is -0.479. The maximum absolute atomic E-state index is 11.4. The normalized spacial score (nSPS) is 14.0. The van der Waals surface area contributed by atoms with Crippen LogP contribution in [0.3, 0.4) is 0 Å². The van der Waals surface area contributed by atoms with Gasteiger partial charge in [0, 0.05) is 32.1 Å². The van der Waals surface area contributed by atoms with Gasteiger partial charge in [-0.2, -0.15) is 5.26 Å². The first-order valence-electron chi connectivity index (χ1n) is 6.82. The minimum absolute atomic E-state index is 0.0498. The highest BCUT2D eigenvalue weighted by molar-refractivity contribution is 5.78. The molecule has 1 aromatic carbocycles. The number of nitrogens with one attached hydrogen (secondary N) is 1. The molecule has 1 aromatic rings. The molecule has 0 spiro atoms. The number of anilines is 1. The number of nitro benzene ring substituents is 1. The Kier molecular flexibility index (Phi) is 4.72. The van der Waals surface area contributed by atoms with E-state index < -0.39 is 4.92 Å². The van der Waals surface area contributed by atoms with Gasteiger partial charge in [-0.25, -0.2) is 0 Å². The number of amides is 1. The number of carbonyl (C=O) groups is 1. The lowest BCUT2D eigenvalue weighted by Crippen LogP contribution is -2.27. The first-order chi connectivity index (χ1) is 10.1. The number of rotatable bonds is 6. The zero-order valence-electron chi connectivity index (χ0n) is 11.5. The Morgan fingerprint density at radius 3 is 2.90 bits per heavy atom. The van der Waals surface area contributed by atoms with Crippen LogP contribution in [0.5, 0.6) is 0 Å². The van der Waals surface area contributed by atoms with Crippen molar-refractivity contribution in [2.24, 2.45) is 0 Å². The van der Waals surface area contributed by atoms with Crippen LogP contribution in [0, 0.1) is 21.4 Å². The lowest BCUT2D eigenvalue weighted by atomic mass is 10.2. The van der Waals surface area contributed by atoms with Crippen LogP contribution in [-0.4, -0.2) is 35.4 Å². The van der Waals surface area contributed by atoms with Crippen molar-refractivity contribution >= 4 is 17.3 Å². The summed E-state index contributed by atoms with van der Waals surface area (Å²) in [4.78, 5) is 23.7. The number of likely N-dealkylation sites (tertiary alicyclic amines) is 1. The topological polar surface area (TPSA) is 99.3 Å². The van der Waals surface area contributed by atoms with Crippen LogP contribution in [0.4, 0.5) is 11.4 Å². The van der Waals surface area contributed by atoms with E-state index >= 15 is 0 Å². The number of hydrogen-bond acceptors (Lipinski definition) is 5. The minimum Gasteiger partial charge on any atom is -0.379 e. The molecule has 7 heteroatoms. The van der Waals surface area contributed by atoms with Crippen molar-refractivity contribution in [3.8, 4) is 6.07 Å². The summed E-state index contributed by atoms with van der Waals surface area (Å²) in [5.74, 6) is 0.174. The first-order valence-corrected chi connectivity index (χ1v) is 6.82. The molecule has 2 rings (SSSR count). The highest BCUT2D eigenvalue weighted by Crippen LogP contribution is 2.25. The average Bonchev–Trinajstić information content (AvgIpc) is 2.88. The highest BCUT2D eigenvalue weighted by Gasteiger charge is 2.19. The van der Waals surface area contributed by atoms with E-state index in [0.29, 0.717) is 37.2 Å². The van der Waals surface area contributed by atoms with Gasteiger partial charge in [0.15, 0.2) is 0 Å². The van der Waals surface area contributed by atoms with E-state index in [1.54, 1.807) is 0 Å². The quantitative estimate of drug-likeness (QED) is 0.489. The third kappa shape index (κ3) is 3.69. The monoisotopic (exact) mass is 288 g/mol. The summed E-state index contributed by atoms with van der Waals surface area (Å²) in [6, 6.07) is 6.18. The lowest BCUT2D eigenvalue weighted by molar-refractivity contribution is -0.384. The maximum Gasteiger partial charge on any atom is 0.292 e. The van der Waals surface area contributed by atoms with Gasteiger partial charge in [-0.05, 0) is 25.0 Å². The second-order valence-corrected chi connectivity index (χ2v) is 4.87. The molecular formula is C14H16N4O3. The van der Waals surface area contributed by atoms with Gasteiger partial charge in [-0.1, -0.05) is 0 Å². The molecule has 1 heterocycles. The van der Waals surface area contributed by atoms with E-state index in [0.717, 1.165) is 13.0 Å². The molecule has 1 N–H and O–H groups in total. The zero-order valence-corrected chi connectivity index (χ0v) is 11.5. The number of hydrogen-bond donors (Lipinski definition) is 1. The molecule has 0 aliphatic carbocycles. The van der Waals surface area contributed by atoms with Crippen molar-refractivity contribution in [2.45, 2.75) is 19.3 Å². The molecular weight excluding hydrogens is 272 g/mol. The summed E-state index contributed by atoms with van der Waals surface area (Å²) >= 11 is 0. The summed E-state index contributed by atoms with van der Waals surface area (Å²) in [5, 5.41) is 22.8. The first kappa shape index (κ1) is 14.8. The largest absolute Gasteiger partial charge is 0.379 e. The molecule has 0 unspecified atom stereocenters. The van der Waals surface area contributed by atoms with Gasteiger partial charge >= 0.3 is 0 Å². The fourth-order valence-electron chi connectivity index (χ4n) is 2.34. The fraction of sp³-hybridized carbons (Fsp3) is 0.429. The number of carbonyl (C=O) groups excluding carboxylic acids is 1. The summed E-state index contributed by atoms with van der Waals surface area (Å²) in [6.45, 7) is 1.96. The van der Waals surface area contributed by atoms with Gasteiger partial charge in [-0.15, -0.1) is 0 Å². The lowest BCUT2D eigenvalue weighted by Gasteiger charge is -2.15. The van der Waals surface area contributed by atoms with Crippen molar-refractivity contribution in [2.75, 3.05) is 25.0 Å². The van der Waals surface area contributed by atoms with Crippen LogP contribution >= 0.6 is 0 Å². The average molecular weight is 288 g/mol. The van der Waals surface area contributed by atoms with Crippen LogP contribution in [0.2, 0.25) is 0 Å². The van der Waals surface area contributed by atoms with Crippen molar-refractivity contribution in [3.63, 3.8) is 0 Å². The molecule has 1 aliphatic heterocycles. The summed E-state index contributed by atoms with van der Waals surface area (Å²) < 4.78 is 0. The predicted octanol–water partition coefficient (Wildman–Crippen LogP) is 1.89. The van der Waals surface area contributed by atoms with Crippen molar-refractivity contribution < 1.29 is 9.72 Å². The van der Waals surface area contributed by atoms with E-state index in [2.05, 4.69) is 5.32 Å². The highest BCUT2D eigenvalue weighted by atomic mass is 16.6. The van der Waals surface area contributed by atoms with Crippen molar-refractivity contribution in [1.82, 2.24) is 4.90 Å². The standard InChI is InChI=1S/C14H16N4O3/c15-10-11-4-5-13(18(20)21)12(9-11)16-6-2-8-17-7-1-3-14(17)19/h4-5,9,16H,1-3,6-8H2. The van der Waals surface area contributed by atoms with Gasteiger partial charge in [0.05, 0.1) is 16.6 Å². The van der Waals surface area contributed by atoms with Gasteiger partial charge in [0.25, 0.3) is 5.69 Å². The SMILES string of the molecule is N#Cc1ccc([N+](=O)[O-])c(NCCCN2CCCC2=O)c1. The molecule has 110 valence electrons. The van der Waals surface area contributed by atoms with Crippen molar-refractivity contribution in [3.05, 3.63) is 33.9 Å². The van der Waals surface area contributed by atoms with Crippen molar-refractivity contribution in [1.29, 1.82) is 5.26 Å².